The van der Waals surface area contributed by atoms with Crippen LogP contribution >= 0.6 is 0 Å². The molecule has 0 amide bonds. The fourth-order valence-corrected chi connectivity index (χ4v) is 3.74. The van der Waals surface area contributed by atoms with Gasteiger partial charge in [0.25, 0.3) is 0 Å². The van der Waals surface area contributed by atoms with Crippen LogP contribution in [0.4, 0.5) is 0 Å². The van der Waals surface area contributed by atoms with Gasteiger partial charge in [-0.3, -0.25) is 19.2 Å². The molecule has 0 N–H and O–H groups in total. The lowest BCUT2D eigenvalue weighted by Gasteiger charge is -2.22. The zero-order chi connectivity index (χ0) is 31.7. The summed E-state index contributed by atoms with van der Waals surface area (Å²) in [5.74, 6) is -1.67. The summed E-state index contributed by atoms with van der Waals surface area (Å²) in [7, 11) is 0. The van der Waals surface area contributed by atoms with E-state index in [1.165, 1.54) is 0 Å². The van der Waals surface area contributed by atoms with Crippen molar-refractivity contribution in [3.8, 4) is 23.0 Å². The van der Waals surface area contributed by atoms with E-state index in [0.29, 0.717) is 12.8 Å². The highest BCUT2D eigenvalue weighted by molar-refractivity contribution is 5.79. The predicted octanol–water partition coefficient (Wildman–Crippen LogP) is 6.99. The second kappa shape index (κ2) is 15.5. The maximum atomic E-state index is 12.4. The Morgan fingerprint density at radius 3 is 0.976 bits per heavy atom. The first-order chi connectivity index (χ1) is 19.6. The molecule has 0 aromatic heterocycles. The first-order valence-corrected chi connectivity index (χ1v) is 14.7. The van der Waals surface area contributed by atoms with Gasteiger partial charge in [0, 0.05) is 0 Å². The van der Waals surface area contributed by atoms with E-state index >= 15 is 0 Å². The minimum absolute atomic E-state index is 0.211. The lowest BCUT2D eigenvalue weighted by molar-refractivity contribution is -0.140. The molecule has 0 saturated heterocycles. The van der Waals surface area contributed by atoms with Crippen molar-refractivity contribution in [2.75, 3.05) is 0 Å². The van der Waals surface area contributed by atoms with E-state index in [2.05, 4.69) is 13.8 Å². The molecule has 42 heavy (non-hydrogen) atoms. The Kier molecular flexibility index (Phi) is 12.8. The number of rotatable bonds is 13. The fourth-order valence-electron chi connectivity index (χ4n) is 3.74. The molecule has 0 bridgehead atoms. The van der Waals surface area contributed by atoms with Crippen LogP contribution in [0, 0.1) is 35.5 Å². The van der Waals surface area contributed by atoms with Gasteiger partial charge < -0.3 is 18.9 Å². The minimum Gasteiger partial charge on any atom is -0.422 e. The molecule has 2 atom stereocenters. The molecule has 0 aliphatic carbocycles. The van der Waals surface area contributed by atoms with Gasteiger partial charge in [0.1, 0.15) is 0 Å². The summed E-state index contributed by atoms with van der Waals surface area (Å²) in [5.41, 5.74) is 1.88. The molecule has 0 aliphatic rings. The number of hydrogen-bond acceptors (Lipinski definition) is 8. The summed E-state index contributed by atoms with van der Waals surface area (Å²) in [6.45, 7) is 18.2. The van der Waals surface area contributed by atoms with Gasteiger partial charge in [-0.2, -0.15) is 0 Å². The number of hydrogen-bond donors (Lipinski definition) is 0. The van der Waals surface area contributed by atoms with Crippen LogP contribution in [-0.4, -0.2) is 23.9 Å². The molecule has 230 valence electrons. The Balaban J connectivity index is 2.24. The molecule has 2 rings (SSSR count). The zero-order valence-electron chi connectivity index (χ0n) is 26.6. The molecule has 0 unspecified atom stereocenters. The molecule has 8 heteroatoms. The number of carbonyl (C=O) groups is 4. The molecule has 0 heterocycles. The number of carbonyl (C=O) groups excluding carboxylic acids is 4. The first-order valence-electron chi connectivity index (χ1n) is 14.7. The summed E-state index contributed by atoms with van der Waals surface area (Å²) in [4.78, 5) is 49.1. The van der Waals surface area contributed by atoms with Crippen LogP contribution in [-0.2, 0) is 32.0 Å². The van der Waals surface area contributed by atoms with Crippen LogP contribution < -0.4 is 18.9 Å². The Bertz CT molecular complexity index is 1160. The van der Waals surface area contributed by atoms with E-state index in [0.717, 1.165) is 11.1 Å². The quantitative estimate of drug-likeness (QED) is 0.184. The predicted molar refractivity (Wildman–Crippen MR) is 161 cm³/mol. The fraction of sp³-hybridized carbons (Fsp3) is 0.529. The Hall–Kier alpha value is -3.68. The standard InChI is InChI=1S/C34H46O8/c1-19(2)31(35)39-27-13-11-25(17-29(27)41-33(37)21(5)6)15-23(9)24(10)16-26-12-14-28(40-32(36)20(3)4)30(18-26)42-34(38)22(7)8/h11-14,17-24H,15-16H2,1-10H3/t23-,24+. The maximum Gasteiger partial charge on any atom is 0.313 e. The highest BCUT2D eigenvalue weighted by Gasteiger charge is 2.22. The Morgan fingerprint density at radius 1 is 0.452 bits per heavy atom. The molecule has 0 radical (unpaired) electrons. The van der Waals surface area contributed by atoms with Crippen molar-refractivity contribution in [3.63, 3.8) is 0 Å². The summed E-state index contributed by atoms with van der Waals surface area (Å²) in [6, 6.07) is 10.6. The van der Waals surface area contributed by atoms with Gasteiger partial charge in [0.05, 0.1) is 23.7 Å². The van der Waals surface area contributed by atoms with E-state index < -0.39 is 23.9 Å². The van der Waals surface area contributed by atoms with Crippen molar-refractivity contribution in [1.29, 1.82) is 0 Å². The molecule has 2 aromatic rings. The summed E-state index contributed by atoms with van der Waals surface area (Å²) >= 11 is 0. The van der Waals surface area contributed by atoms with Gasteiger partial charge in [-0.15, -0.1) is 0 Å². The highest BCUT2D eigenvalue weighted by atomic mass is 16.6. The minimum atomic E-state index is -0.410. The number of ether oxygens (including phenoxy) is 4. The van der Waals surface area contributed by atoms with Gasteiger partial charge >= 0.3 is 23.9 Å². The Labute approximate surface area is 250 Å². The second-order valence-electron chi connectivity index (χ2n) is 12.2. The lowest BCUT2D eigenvalue weighted by atomic mass is 9.85. The SMILES string of the molecule is CC(C)C(=O)Oc1ccc(C[C@@H](C)[C@@H](C)Cc2ccc(OC(=O)C(C)C)c(OC(=O)C(C)C)c2)cc1OC(=O)C(C)C. The largest absolute Gasteiger partial charge is 0.422 e. The van der Waals surface area contributed by atoms with Crippen LogP contribution in [0.2, 0.25) is 0 Å². The van der Waals surface area contributed by atoms with Crippen LogP contribution in [0.15, 0.2) is 36.4 Å². The van der Waals surface area contributed by atoms with Crippen molar-refractivity contribution in [2.24, 2.45) is 35.5 Å². The summed E-state index contributed by atoms with van der Waals surface area (Å²) in [5, 5.41) is 0. The molecule has 0 spiro atoms. The van der Waals surface area contributed by atoms with Crippen molar-refractivity contribution >= 4 is 23.9 Å². The monoisotopic (exact) mass is 582 g/mol. The van der Waals surface area contributed by atoms with Crippen LogP contribution in [0.25, 0.3) is 0 Å². The zero-order valence-corrected chi connectivity index (χ0v) is 26.6. The third kappa shape index (κ3) is 10.3. The average molecular weight is 583 g/mol. The molecule has 8 nitrogen and oxygen atoms in total. The molecule has 0 saturated carbocycles. The molecular formula is C34H46O8. The van der Waals surface area contributed by atoms with E-state index in [9.17, 15) is 19.2 Å². The molecular weight excluding hydrogens is 536 g/mol. The number of benzene rings is 2. The van der Waals surface area contributed by atoms with Gasteiger partial charge in [-0.05, 0) is 60.1 Å². The lowest BCUT2D eigenvalue weighted by Crippen LogP contribution is -2.19. The third-order valence-corrected chi connectivity index (χ3v) is 6.83. The third-order valence-electron chi connectivity index (χ3n) is 6.83. The van der Waals surface area contributed by atoms with Crippen molar-refractivity contribution in [2.45, 2.75) is 82.1 Å². The van der Waals surface area contributed by atoms with Crippen LogP contribution in [0.3, 0.4) is 0 Å². The molecule has 2 aromatic carbocycles. The normalized spacial score (nSPS) is 12.8. The van der Waals surface area contributed by atoms with E-state index in [4.69, 9.17) is 18.9 Å². The topological polar surface area (TPSA) is 105 Å². The second-order valence-corrected chi connectivity index (χ2v) is 12.2. The summed E-state index contributed by atoms with van der Waals surface area (Å²) in [6.07, 6.45) is 1.37. The van der Waals surface area contributed by atoms with Crippen LogP contribution in [0.5, 0.6) is 23.0 Å². The average Bonchev–Trinajstić information content (AvgIpc) is 2.90. The van der Waals surface area contributed by atoms with Crippen molar-refractivity contribution in [1.82, 2.24) is 0 Å². The van der Waals surface area contributed by atoms with E-state index in [-0.39, 0.29) is 58.5 Å². The highest BCUT2D eigenvalue weighted by Crippen LogP contribution is 2.34. The smallest absolute Gasteiger partial charge is 0.313 e. The van der Waals surface area contributed by atoms with Gasteiger partial charge in [0.15, 0.2) is 23.0 Å². The van der Waals surface area contributed by atoms with Crippen molar-refractivity contribution < 1.29 is 38.1 Å². The molecule has 0 fully saturated rings. The van der Waals surface area contributed by atoms with Gasteiger partial charge in [-0.1, -0.05) is 81.4 Å². The number of esters is 4. The summed E-state index contributed by atoms with van der Waals surface area (Å²) < 4.78 is 22.2. The van der Waals surface area contributed by atoms with Crippen LogP contribution in [0.1, 0.15) is 80.4 Å². The Morgan fingerprint density at radius 2 is 0.714 bits per heavy atom. The van der Waals surface area contributed by atoms with Crippen molar-refractivity contribution in [3.05, 3.63) is 47.5 Å². The van der Waals surface area contributed by atoms with Gasteiger partial charge in [0.2, 0.25) is 0 Å². The maximum absolute atomic E-state index is 12.4. The molecule has 0 aliphatic heterocycles. The first kappa shape index (κ1) is 34.5. The van der Waals surface area contributed by atoms with Gasteiger partial charge in [-0.25, -0.2) is 0 Å². The van der Waals surface area contributed by atoms with E-state index in [1.807, 2.05) is 12.1 Å². The van der Waals surface area contributed by atoms with E-state index in [1.54, 1.807) is 79.7 Å².